The molecule has 0 amide bonds. The highest BCUT2D eigenvalue weighted by molar-refractivity contribution is 5.77. The van der Waals surface area contributed by atoms with Gasteiger partial charge in [-0.25, -0.2) is 19.3 Å². The number of nitrogens with zero attached hydrogens (tertiary/aromatic N) is 7. The SMILES string of the molecule is C=CCn1c(=O)c2cnc(Nc3ccc(N4CCN(C)CC4)cc3)nc2n1-c1ccc2c(n1)[C@@H](CC)CC2.CC.CO. The minimum absolute atomic E-state index is 0.155. The molecule has 0 bridgehead atoms. The highest BCUT2D eigenvalue weighted by Crippen LogP contribution is 2.34. The summed E-state index contributed by atoms with van der Waals surface area (Å²) in [5.41, 5.74) is 4.91. The average molecular weight is 573 g/mol. The van der Waals surface area contributed by atoms with Crippen LogP contribution in [0, 0.1) is 0 Å². The molecule has 1 fully saturated rings. The summed E-state index contributed by atoms with van der Waals surface area (Å²) in [5, 5.41) is 10.8. The van der Waals surface area contributed by atoms with E-state index >= 15 is 0 Å². The number of likely N-dealkylation sites (N-methyl/N-ethyl adjacent to an activating group) is 1. The van der Waals surface area contributed by atoms with E-state index < -0.39 is 0 Å². The Bertz CT molecular complexity index is 1530. The van der Waals surface area contributed by atoms with Gasteiger partial charge in [-0.1, -0.05) is 32.9 Å². The number of rotatable bonds is 7. The number of piperazine rings is 1. The molecule has 1 aromatic carbocycles. The molecule has 1 saturated heterocycles. The maximum atomic E-state index is 13.3. The zero-order chi connectivity index (χ0) is 30.2. The first-order valence-electron chi connectivity index (χ1n) is 14.9. The molecule has 4 aromatic rings. The van der Waals surface area contributed by atoms with Crippen LogP contribution in [0.5, 0.6) is 0 Å². The Hall–Kier alpha value is -4.02. The van der Waals surface area contributed by atoms with Crippen LogP contribution in [-0.4, -0.2) is 74.7 Å². The lowest BCUT2D eigenvalue weighted by atomic mass is 10.0. The molecule has 4 heterocycles. The second-order valence-corrected chi connectivity index (χ2v) is 10.2. The Kier molecular flexibility index (Phi) is 10.5. The van der Waals surface area contributed by atoms with Crippen LogP contribution in [-0.2, 0) is 13.0 Å². The molecule has 2 aliphatic rings. The number of pyridine rings is 1. The number of allylic oxidation sites excluding steroid dienone is 1. The zero-order valence-electron chi connectivity index (χ0n) is 25.5. The number of hydrogen-bond donors (Lipinski definition) is 2. The average Bonchev–Trinajstić information content (AvgIpc) is 3.57. The van der Waals surface area contributed by atoms with Crippen LogP contribution in [0.25, 0.3) is 16.9 Å². The molecule has 0 unspecified atom stereocenters. The highest BCUT2D eigenvalue weighted by Gasteiger charge is 2.25. The van der Waals surface area contributed by atoms with Crippen molar-refractivity contribution in [3.8, 4) is 5.82 Å². The lowest BCUT2D eigenvalue weighted by Crippen LogP contribution is -2.44. The summed E-state index contributed by atoms with van der Waals surface area (Å²) in [5.74, 6) is 1.58. The van der Waals surface area contributed by atoms with Crippen LogP contribution in [0.2, 0.25) is 0 Å². The first kappa shape index (κ1) is 30.9. The topological polar surface area (TPSA) is 104 Å². The van der Waals surface area contributed by atoms with Gasteiger partial charge in [-0.3, -0.25) is 4.79 Å². The number of benzene rings is 1. The molecule has 0 radical (unpaired) electrons. The third-order valence-electron chi connectivity index (χ3n) is 7.83. The standard InChI is InChI=1S/C29H34N8O.C2H6.CH4O/c1-4-14-36-28(38)24-19-30-29(31-22-9-11-23(12-10-22)35-17-15-34(3)16-18-35)33-27(24)37(36)25-13-8-21-7-6-20(5-2)26(21)32-25;2*1-2/h4,8-13,19-20H,1,5-7,14-18H2,2-3H3,(H,30,31,33);1-2H3;2H,1H3/t20-;;/m0../s1. The normalized spacial score (nSPS) is 16.2. The molecule has 10 nitrogen and oxygen atoms in total. The van der Waals surface area contributed by atoms with E-state index in [9.17, 15) is 4.79 Å². The van der Waals surface area contributed by atoms with E-state index in [-0.39, 0.29) is 5.56 Å². The molecular formula is C32H44N8O2. The smallest absolute Gasteiger partial charge is 0.278 e. The Labute approximate surface area is 248 Å². The van der Waals surface area contributed by atoms with Crippen molar-refractivity contribution >= 4 is 28.4 Å². The fourth-order valence-electron chi connectivity index (χ4n) is 5.60. The van der Waals surface area contributed by atoms with Gasteiger partial charge in [-0.15, -0.1) is 6.58 Å². The maximum absolute atomic E-state index is 13.3. The zero-order valence-corrected chi connectivity index (χ0v) is 25.5. The Morgan fingerprint density at radius 2 is 1.76 bits per heavy atom. The largest absolute Gasteiger partial charge is 0.400 e. The summed E-state index contributed by atoms with van der Waals surface area (Å²) in [4.78, 5) is 32.3. The Morgan fingerprint density at radius 3 is 2.43 bits per heavy atom. The van der Waals surface area contributed by atoms with Crippen LogP contribution in [0.3, 0.4) is 0 Å². The first-order chi connectivity index (χ1) is 20.6. The van der Waals surface area contributed by atoms with Crippen molar-refractivity contribution in [1.82, 2.24) is 29.2 Å². The first-order valence-corrected chi connectivity index (χ1v) is 14.9. The molecule has 0 saturated carbocycles. The Morgan fingerprint density at radius 1 is 1.05 bits per heavy atom. The van der Waals surface area contributed by atoms with Gasteiger partial charge in [0.2, 0.25) is 5.95 Å². The van der Waals surface area contributed by atoms with E-state index in [4.69, 9.17) is 15.1 Å². The summed E-state index contributed by atoms with van der Waals surface area (Å²) >= 11 is 0. The van der Waals surface area contributed by atoms with Crippen LogP contribution >= 0.6 is 0 Å². The van der Waals surface area contributed by atoms with Gasteiger partial charge in [0.05, 0.1) is 6.54 Å². The van der Waals surface area contributed by atoms with Gasteiger partial charge in [0.25, 0.3) is 5.56 Å². The summed E-state index contributed by atoms with van der Waals surface area (Å²) in [6.45, 7) is 14.6. The quantitative estimate of drug-likeness (QED) is 0.306. The number of aromatic nitrogens is 5. The summed E-state index contributed by atoms with van der Waals surface area (Å²) in [6, 6.07) is 12.5. The van der Waals surface area contributed by atoms with E-state index in [1.165, 1.54) is 11.3 Å². The van der Waals surface area contributed by atoms with Crippen molar-refractivity contribution in [1.29, 1.82) is 0 Å². The predicted molar refractivity (Wildman–Crippen MR) is 171 cm³/mol. The number of anilines is 3. The van der Waals surface area contributed by atoms with E-state index in [0.29, 0.717) is 35.3 Å². The Balaban J connectivity index is 0.000000972. The molecule has 1 aliphatic heterocycles. The molecule has 3 aromatic heterocycles. The number of fused-ring (bicyclic) bond motifs is 2. The van der Waals surface area contributed by atoms with Gasteiger partial charge in [-0.2, -0.15) is 4.98 Å². The van der Waals surface area contributed by atoms with Crippen molar-refractivity contribution in [2.45, 2.75) is 52.5 Å². The second kappa shape index (κ2) is 14.2. The monoisotopic (exact) mass is 572 g/mol. The summed E-state index contributed by atoms with van der Waals surface area (Å²) < 4.78 is 3.44. The fourth-order valence-corrected chi connectivity index (χ4v) is 5.60. The minimum atomic E-state index is -0.155. The number of nitrogens with one attached hydrogen (secondary N) is 1. The van der Waals surface area contributed by atoms with Gasteiger partial charge in [0, 0.05) is 62.5 Å². The van der Waals surface area contributed by atoms with Crippen LogP contribution in [0.4, 0.5) is 17.3 Å². The molecular weight excluding hydrogens is 528 g/mol. The summed E-state index contributed by atoms with van der Waals surface area (Å²) in [6.07, 6.45) is 6.55. The van der Waals surface area contributed by atoms with Gasteiger partial charge >= 0.3 is 0 Å². The number of aliphatic hydroxyl groups excluding tert-OH is 1. The molecule has 6 rings (SSSR count). The lowest BCUT2D eigenvalue weighted by Gasteiger charge is -2.34. The lowest BCUT2D eigenvalue weighted by molar-refractivity contribution is 0.313. The van der Waals surface area contributed by atoms with Gasteiger partial charge in [0.15, 0.2) is 11.5 Å². The van der Waals surface area contributed by atoms with E-state index in [1.54, 1.807) is 17.0 Å². The van der Waals surface area contributed by atoms with E-state index in [1.807, 2.05) is 36.7 Å². The third-order valence-corrected chi connectivity index (χ3v) is 7.83. The van der Waals surface area contributed by atoms with Gasteiger partial charge in [-0.05, 0) is 62.2 Å². The van der Waals surface area contributed by atoms with Crippen molar-refractivity contribution in [3.63, 3.8) is 0 Å². The molecule has 10 heteroatoms. The third kappa shape index (κ3) is 6.24. The van der Waals surface area contributed by atoms with E-state index in [0.717, 1.165) is 63.9 Å². The van der Waals surface area contributed by atoms with Crippen LogP contribution < -0.4 is 15.8 Å². The van der Waals surface area contributed by atoms with Crippen molar-refractivity contribution in [2.75, 3.05) is 50.6 Å². The molecule has 42 heavy (non-hydrogen) atoms. The highest BCUT2D eigenvalue weighted by atomic mass is 16.2. The summed E-state index contributed by atoms with van der Waals surface area (Å²) in [7, 11) is 3.16. The minimum Gasteiger partial charge on any atom is -0.400 e. The number of hydrogen-bond acceptors (Lipinski definition) is 8. The van der Waals surface area contributed by atoms with Gasteiger partial charge in [0.1, 0.15) is 5.39 Å². The number of aliphatic hydroxyl groups is 1. The second-order valence-electron chi connectivity index (χ2n) is 10.2. The molecule has 1 atom stereocenters. The molecule has 224 valence electrons. The van der Waals surface area contributed by atoms with Crippen molar-refractivity contribution in [2.24, 2.45) is 0 Å². The fraction of sp³-hybridized carbons (Fsp3) is 0.438. The van der Waals surface area contributed by atoms with Gasteiger partial charge < -0.3 is 20.2 Å². The molecule has 0 spiro atoms. The maximum Gasteiger partial charge on any atom is 0.278 e. The van der Waals surface area contributed by atoms with Crippen LogP contribution in [0.1, 0.15) is 50.8 Å². The number of aryl methyl sites for hydroxylation is 1. The molecule has 2 N–H and O–H groups in total. The molecule has 1 aliphatic carbocycles. The predicted octanol–water partition coefficient (Wildman–Crippen LogP) is 4.73. The van der Waals surface area contributed by atoms with Crippen LogP contribution in [0.15, 0.2) is 60.0 Å². The van der Waals surface area contributed by atoms with Crippen molar-refractivity contribution < 1.29 is 5.11 Å². The van der Waals surface area contributed by atoms with E-state index in [2.05, 4.69) is 58.9 Å². The van der Waals surface area contributed by atoms with Crippen molar-refractivity contribution in [3.05, 3.63) is 76.9 Å².